The molecule has 7 heteroatoms. The van der Waals surface area contributed by atoms with Gasteiger partial charge in [-0.2, -0.15) is 0 Å². The maximum Gasteiger partial charge on any atom is 0.326 e. The first-order chi connectivity index (χ1) is 12.9. The number of rotatable bonds is 5. The molecule has 0 aliphatic carbocycles. The van der Waals surface area contributed by atoms with Crippen LogP contribution >= 0.6 is 0 Å². The van der Waals surface area contributed by atoms with Gasteiger partial charge in [-0.3, -0.25) is 9.59 Å². The lowest BCUT2D eigenvalue weighted by atomic mass is 10.1. The molecule has 3 N–H and O–H groups in total. The van der Waals surface area contributed by atoms with Crippen molar-refractivity contribution in [2.24, 2.45) is 0 Å². The second-order valence-electron chi connectivity index (χ2n) is 6.51. The quantitative estimate of drug-likeness (QED) is 0.750. The molecule has 0 fully saturated rings. The van der Waals surface area contributed by atoms with Gasteiger partial charge >= 0.3 is 5.97 Å². The zero-order valence-corrected chi connectivity index (χ0v) is 14.9. The Morgan fingerprint density at radius 3 is 2.67 bits per heavy atom. The smallest absolute Gasteiger partial charge is 0.326 e. The summed E-state index contributed by atoms with van der Waals surface area (Å²) >= 11 is 0. The maximum absolute atomic E-state index is 12.6. The fourth-order valence-electron chi connectivity index (χ4n) is 3.00. The first-order valence-corrected chi connectivity index (χ1v) is 8.66. The third-order valence-corrected chi connectivity index (χ3v) is 4.50. The number of carboxylic acid groups (broad SMARTS) is 1. The molecular formula is C20H21N3O4. The lowest BCUT2D eigenvalue weighted by Crippen LogP contribution is -2.42. The summed E-state index contributed by atoms with van der Waals surface area (Å²) < 4.78 is 0. The molecule has 0 radical (unpaired) electrons. The van der Waals surface area contributed by atoms with Gasteiger partial charge in [-0.1, -0.05) is 30.3 Å². The minimum absolute atomic E-state index is 0.120. The molecule has 2 aromatic carbocycles. The van der Waals surface area contributed by atoms with Crippen LogP contribution < -0.4 is 15.5 Å². The standard InChI is InChI=1S/C20H21N3O4/c1-23-10-9-18(24)21-15-12-14(7-8-17(15)23)19(25)22-16(20(26)27)11-13-5-3-2-4-6-13/h2-8,12,16H,9-11H2,1H3,(H,21,24)(H,22,25)(H,26,27)/t16-/m0/s1. The van der Waals surface area contributed by atoms with Crippen molar-refractivity contribution < 1.29 is 19.5 Å². The van der Waals surface area contributed by atoms with E-state index in [0.717, 1.165) is 11.3 Å². The Kier molecular flexibility index (Phi) is 5.40. The van der Waals surface area contributed by atoms with E-state index >= 15 is 0 Å². The van der Waals surface area contributed by atoms with Gasteiger partial charge in [0.1, 0.15) is 6.04 Å². The Morgan fingerprint density at radius 1 is 1.22 bits per heavy atom. The number of aliphatic carboxylic acids is 1. The third-order valence-electron chi connectivity index (χ3n) is 4.50. The van der Waals surface area contributed by atoms with Crippen molar-refractivity contribution in [3.8, 4) is 0 Å². The van der Waals surface area contributed by atoms with Crippen LogP contribution in [0.3, 0.4) is 0 Å². The van der Waals surface area contributed by atoms with Crippen molar-refractivity contribution in [2.45, 2.75) is 18.9 Å². The van der Waals surface area contributed by atoms with Crippen LogP contribution in [0.5, 0.6) is 0 Å². The topological polar surface area (TPSA) is 98.7 Å². The van der Waals surface area contributed by atoms with Gasteiger partial charge in [-0.05, 0) is 23.8 Å². The predicted molar refractivity (Wildman–Crippen MR) is 102 cm³/mol. The third kappa shape index (κ3) is 4.44. The molecule has 2 aromatic rings. The molecule has 1 aliphatic rings. The number of amides is 2. The van der Waals surface area contributed by atoms with Crippen molar-refractivity contribution in [2.75, 3.05) is 23.8 Å². The van der Waals surface area contributed by atoms with Crippen LogP contribution in [0.1, 0.15) is 22.3 Å². The summed E-state index contributed by atoms with van der Waals surface area (Å²) in [7, 11) is 1.87. The molecule has 0 aromatic heterocycles. The van der Waals surface area contributed by atoms with Gasteiger partial charge in [-0.25, -0.2) is 4.79 Å². The average molecular weight is 367 g/mol. The molecule has 0 unspecified atom stereocenters. The highest BCUT2D eigenvalue weighted by Crippen LogP contribution is 2.28. The van der Waals surface area contributed by atoms with Gasteiger partial charge in [0.15, 0.2) is 0 Å². The number of nitrogens with zero attached hydrogens (tertiary/aromatic N) is 1. The molecule has 7 nitrogen and oxygen atoms in total. The molecule has 0 spiro atoms. The summed E-state index contributed by atoms with van der Waals surface area (Å²) in [5, 5.41) is 14.8. The Hall–Kier alpha value is -3.35. The molecule has 2 amide bonds. The summed E-state index contributed by atoms with van der Waals surface area (Å²) in [4.78, 5) is 37.9. The molecule has 140 valence electrons. The van der Waals surface area contributed by atoms with Crippen molar-refractivity contribution in [1.82, 2.24) is 5.32 Å². The second kappa shape index (κ2) is 7.90. The minimum Gasteiger partial charge on any atom is -0.480 e. The minimum atomic E-state index is -1.10. The Morgan fingerprint density at radius 2 is 1.96 bits per heavy atom. The molecule has 1 heterocycles. The molecule has 1 aliphatic heterocycles. The van der Waals surface area contributed by atoms with E-state index in [9.17, 15) is 19.5 Å². The van der Waals surface area contributed by atoms with E-state index in [-0.39, 0.29) is 12.3 Å². The van der Waals surface area contributed by atoms with Crippen molar-refractivity contribution >= 4 is 29.2 Å². The molecule has 27 heavy (non-hydrogen) atoms. The zero-order chi connectivity index (χ0) is 19.4. The number of hydrogen-bond acceptors (Lipinski definition) is 4. The average Bonchev–Trinajstić information content (AvgIpc) is 2.79. The first kappa shape index (κ1) is 18.4. The zero-order valence-electron chi connectivity index (χ0n) is 14.9. The van der Waals surface area contributed by atoms with Gasteiger partial charge < -0.3 is 20.6 Å². The normalized spacial score (nSPS) is 14.6. The molecular weight excluding hydrogens is 346 g/mol. The summed E-state index contributed by atoms with van der Waals surface area (Å²) in [5.74, 6) is -1.72. The monoisotopic (exact) mass is 367 g/mol. The largest absolute Gasteiger partial charge is 0.480 e. The van der Waals surface area contributed by atoms with Crippen LogP contribution in [0.25, 0.3) is 0 Å². The molecule has 0 saturated carbocycles. The fraction of sp³-hybridized carbons (Fsp3) is 0.250. The molecule has 0 saturated heterocycles. The highest BCUT2D eigenvalue weighted by Gasteiger charge is 2.23. The van der Waals surface area contributed by atoms with Gasteiger partial charge in [0.2, 0.25) is 5.91 Å². The van der Waals surface area contributed by atoms with Gasteiger partial charge in [0.25, 0.3) is 5.91 Å². The molecule has 0 bridgehead atoms. The summed E-state index contributed by atoms with van der Waals surface area (Å²) in [5.41, 5.74) is 2.48. The van der Waals surface area contributed by atoms with Crippen molar-refractivity contribution in [3.63, 3.8) is 0 Å². The Bertz CT molecular complexity index is 867. The van der Waals surface area contributed by atoms with E-state index < -0.39 is 17.9 Å². The van der Waals surface area contributed by atoms with Crippen LogP contribution in [0.2, 0.25) is 0 Å². The Labute approximate surface area is 157 Å². The first-order valence-electron chi connectivity index (χ1n) is 8.66. The number of hydrogen-bond donors (Lipinski definition) is 3. The van der Waals surface area contributed by atoms with Crippen LogP contribution in [-0.2, 0) is 16.0 Å². The summed E-state index contributed by atoms with van der Waals surface area (Å²) in [6, 6.07) is 13.0. The van der Waals surface area contributed by atoms with E-state index in [1.165, 1.54) is 0 Å². The number of nitrogens with one attached hydrogen (secondary N) is 2. The highest BCUT2D eigenvalue weighted by atomic mass is 16.4. The molecule has 1 atom stereocenters. The van der Waals surface area contributed by atoms with E-state index in [4.69, 9.17) is 0 Å². The Balaban J connectivity index is 1.78. The number of carbonyl (C=O) groups excluding carboxylic acids is 2. The number of benzene rings is 2. The van der Waals surface area contributed by atoms with Gasteiger partial charge in [0, 0.05) is 32.0 Å². The summed E-state index contributed by atoms with van der Waals surface area (Å²) in [6.45, 7) is 0.586. The second-order valence-corrected chi connectivity index (χ2v) is 6.51. The number of carbonyl (C=O) groups is 3. The van der Waals surface area contributed by atoms with Crippen LogP contribution in [0, 0.1) is 0 Å². The lowest BCUT2D eigenvalue weighted by Gasteiger charge is -2.19. The van der Waals surface area contributed by atoms with Gasteiger partial charge in [0.05, 0.1) is 11.4 Å². The van der Waals surface area contributed by atoms with Gasteiger partial charge in [-0.15, -0.1) is 0 Å². The van der Waals surface area contributed by atoms with Crippen molar-refractivity contribution in [3.05, 3.63) is 59.7 Å². The number of fused-ring (bicyclic) bond motifs is 1. The van der Waals surface area contributed by atoms with E-state index in [1.807, 2.05) is 42.3 Å². The summed E-state index contributed by atoms with van der Waals surface area (Å²) in [6.07, 6.45) is 0.553. The van der Waals surface area contributed by atoms with E-state index in [1.54, 1.807) is 18.2 Å². The van der Waals surface area contributed by atoms with E-state index in [0.29, 0.717) is 24.2 Å². The number of carboxylic acids is 1. The van der Waals surface area contributed by atoms with Crippen LogP contribution in [0.4, 0.5) is 11.4 Å². The number of anilines is 2. The van der Waals surface area contributed by atoms with E-state index in [2.05, 4.69) is 10.6 Å². The van der Waals surface area contributed by atoms with Crippen LogP contribution in [0.15, 0.2) is 48.5 Å². The SMILES string of the molecule is CN1CCC(=O)Nc2cc(C(=O)N[C@@H](Cc3ccccc3)C(=O)O)ccc21. The maximum atomic E-state index is 12.6. The lowest BCUT2D eigenvalue weighted by molar-refractivity contribution is -0.139. The predicted octanol–water partition coefficient (Wildman–Crippen LogP) is 1.89. The van der Waals surface area contributed by atoms with Crippen molar-refractivity contribution in [1.29, 1.82) is 0 Å². The molecule has 3 rings (SSSR count). The highest BCUT2D eigenvalue weighted by molar-refractivity contribution is 6.01. The fourth-order valence-corrected chi connectivity index (χ4v) is 3.00. The van der Waals surface area contributed by atoms with Crippen LogP contribution in [-0.4, -0.2) is 42.5 Å².